The van der Waals surface area contributed by atoms with Crippen LogP contribution in [0, 0.1) is 0 Å². The van der Waals surface area contributed by atoms with E-state index in [-0.39, 0.29) is 19.1 Å². The third-order valence-corrected chi connectivity index (χ3v) is 14.9. The van der Waals surface area contributed by atoms with Crippen LogP contribution in [0.2, 0.25) is 0 Å². The van der Waals surface area contributed by atoms with Gasteiger partial charge in [0.05, 0.1) is 39.9 Å². The van der Waals surface area contributed by atoms with Crippen LogP contribution in [-0.4, -0.2) is 68.5 Å². The second-order valence-corrected chi connectivity index (χ2v) is 23.5. The highest BCUT2D eigenvalue weighted by molar-refractivity contribution is 7.45. The summed E-state index contributed by atoms with van der Waals surface area (Å²) in [5.74, 6) is -0.164. The molecule has 0 saturated heterocycles. The van der Waals surface area contributed by atoms with Gasteiger partial charge in [0.15, 0.2) is 0 Å². The van der Waals surface area contributed by atoms with Crippen LogP contribution in [0.15, 0.2) is 24.3 Å². The minimum Gasteiger partial charge on any atom is -0.756 e. The molecule has 1 amide bonds. The van der Waals surface area contributed by atoms with Gasteiger partial charge in [0.25, 0.3) is 7.82 Å². The fraction of sp³-hybridized carbons (Fsp3) is 0.917. The van der Waals surface area contributed by atoms with Gasteiger partial charge >= 0.3 is 0 Å². The molecule has 0 aliphatic heterocycles. The predicted molar refractivity (Wildman–Crippen MR) is 298 cm³/mol. The van der Waals surface area contributed by atoms with Crippen molar-refractivity contribution in [3.63, 3.8) is 0 Å². The maximum Gasteiger partial charge on any atom is 0.268 e. The normalized spacial score (nSPS) is 14.0. The highest BCUT2D eigenvalue weighted by Crippen LogP contribution is 2.38. The summed E-state index contributed by atoms with van der Waals surface area (Å²) in [6.45, 7) is 4.76. The van der Waals surface area contributed by atoms with E-state index in [9.17, 15) is 19.4 Å². The Kier molecular flexibility index (Phi) is 51.1. The first-order valence-corrected chi connectivity index (χ1v) is 31.6. The summed E-state index contributed by atoms with van der Waals surface area (Å²) < 4.78 is 23.5. The van der Waals surface area contributed by atoms with Gasteiger partial charge in [0.1, 0.15) is 13.2 Å². The third-order valence-electron chi connectivity index (χ3n) is 13.9. The lowest BCUT2D eigenvalue weighted by Gasteiger charge is -2.30. The quantitative estimate of drug-likeness (QED) is 0.0272. The van der Waals surface area contributed by atoms with Crippen molar-refractivity contribution >= 4 is 13.7 Å². The van der Waals surface area contributed by atoms with Gasteiger partial charge < -0.3 is 28.8 Å². The number of carbonyl (C=O) groups excluding carboxylic acids is 1. The summed E-state index contributed by atoms with van der Waals surface area (Å²) in [4.78, 5) is 25.6. The van der Waals surface area contributed by atoms with E-state index in [1.807, 2.05) is 21.1 Å². The summed E-state index contributed by atoms with van der Waals surface area (Å²) in [5.41, 5.74) is 0. The molecule has 410 valence electrons. The maximum absolute atomic E-state index is 13.0. The molecule has 3 atom stereocenters. The van der Waals surface area contributed by atoms with Crippen molar-refractivity contribution in [1.29, 1.82) is 0 Å². The first kappa shape index (κ1) is 68.0. The van der Waals surface area contributed by atoms with E-state index in [2.05, 4.69) is 43.5 Å². The maximum atomic E-state index is 13.0. The molecule has 0 aromatic rings. The number of hydrogen-bond donors (Lipinski definition) is 2. The number of nitrogens with zero attached hydrogens (tertiary/aromatic N) is 1. The Balaban J connectivity index is 4.14. The molecule has 9 heteroatoms. The van der Waals surface area contributed by atoms with E-state index in [4.69, 9.17) is 9.05 Å². The van der Waals surface area contributed by atoms with Gasteiger partial charge in [0, 0.05) is 6.42 Å². The van der Waals surface area contributed by atoms with E-state index in [0.29, 0.717) is 23.9 Å². The molecular weight excluding hydrogens is 876 g/mol. The number of carbonyl (C=O) groups is 1. The fourth-order valence-corrected chi connectivity index (χ4v) is 9.91. The topological polar surface area (TPSA) is 108 Å². The van der Waals surface area contributed by atoms with Gasteiger partial charge in [-0.25, -0.2) is 0 Å². The number of allylic oxidation sites excluding steroid dienone is 4. The average molecular weight is 996 g/mol. The van der Waals surface area contributed by atoms with Gasteiger partial charge in [-0.05, 0) is 44.9 Å². The Morgan fingerprint density at radius 1 is 0.507 bits per heavy atom. The Labute approximate surface area is 430 Å². The largest absolute Gasteiger partial charge is 0.756 e. The first-order chi connectivity index (χ1) is 33.5. The van der Waals surface area contributed by atoms with E-state index in [1.165, 1.54) is 231 Å². The highest BCUT2D eigenvalue weighted by Gasteiger charge is 2.24. The Morgan fingerprint density at radius 2 is 0.841 bits per heavy atom. The molecule has 0 fully saturated rings. The lowest BCUT2D eigenvalue weighted by Crippen LogP contribution is -2.46. The molecule has 0 aliphatic rings. The summed E-state index contributed by atoms with van der Waals surface area (Å²) in [6, 6.07) is -0.803. The number of aliphatic hydroxyl groups is 1. The van der Waals surface area contributed by atoms with Gasteiger partial charge in [-0.1, -0.05) is 276 Å². The molecule has 0 heterocycles. The third kappa shape index (κ3) is 54.6. The van der Waals surface area contributed by atoms with Crippen LogP contribution in [0.25, 0.3) is 0 Å². The van der Waals surface area contributed by atoms with E-state index in [0.717, 1.165) is 44.9 Å². The average Bonchev–Trinajstić information content (AvgIpc) is 3.31. The number of rotatable bonds is 56. The van der Waals surface area contributed by atoms with Gasteiger partial charge in [0.2, 0.25) is 5.91 Å². The number of phosphoric ester groups is 1. The summed E-state index contributed by atoms with van der Waals surface area (Å²) >= 11 is 0. The first-order valence-electron chi connectivity index (χ1n) is 30.2. The smallest absolute Gasteiger partial charge is 0.268 e. The monoisotopic (exact) mass is 995 g/mol. The van der Waals surface area contributed by atoms with Crippen LogP contribution in [0.4, 0.5) is 0 Å². The zero-order chi connectivity index (χ0) is 50.6. The number of phosphoric acid groups is 1. The van der Waals surface area contributed by atoms with Crippen molar-refractivity contribution < 1.29 is 32.9 Å². The van der Waals surface area contributed by atoms with Crippen LogP contribution in [-0.2, 0) is 18.4 Å². The molecule has 8 nitrogen and oxygen atoms in total. The van der Waals surface area contributed by atoms with Crippen LogP contribution in [0.1, 0.15) is 303 Å². The summed E-state index contributed by atoms with van der Waals surface area (Å²) in [5, 5.41) is 14.0. The molecule has 0 aliphatic carbocycles. The zero-order valence-corrected chi connectivity index (χ0v) is 47.7. The number of aliphatic hydroxyl groups excluding tert-OH is 1. The molecule has 0 aromatic carbocycles. The Morgan fingerprint density at radius 3 is 1.20 bits per heavy atom. The number of nitrogens with one attached hydrogen (secondary N) is 1. The Bertz CT molecular complexity index is 1170. The van der Waals surface area contributed by atoms with E-state index in [1.54, 1.807) is 0 Å². The van der Waals surface area contributed by atoms with Crippen LogP contribution in [0.3, 0.4) is 0 Å². The van der Waals surface area contributed by atoms with Gasteiger partial charge in [-0.15, -0.1) is 0 Å². The molecular formula is C60H119N2O6P. The lowest BCUT2D eigenvalue weighted by molar-refractivity contribution is -0.870. The van der Waals surface area contributed by atoms with Crippen molar-refractivity contribution in [2.24, 2.45) is 0 Å². The van der Waals surface area contributed by atoms with Gasteiger partial charge in [-0.3, -0.25) is 9.36 Å². The Hall–Kier alpha value is -1.02. The van der Waals surface area contributed by atoms with E-state index >= 15 is 0 Å². The number of hydrogen-bond acceptors (Lipinski definition) is 6. The number of unbranched alkanes of at least 4 members (excludes halogenated alkanes) is 39. The minimum atomic E-state index is -4.57. The molecule has 0 spiro atoms. The van der Waals surface area contributed by atoms with Crippen molar-refractivity contribution in [1.82, 2.24) is 5.32 Å². The van der Waals surface area contributed by atoms with Crippen LogP contribution in [0.5, 0.6) is 0 Å². The van der Waals surface area contributed by atoms with Crippen molar-refractivity contribution in [3.8, 4) is 0 Å². The van der Waals surface area contributed by atoms with Crippen molar-refractivity contribution in [2.45, 2.75) is 315 Å². The van der Waals surface area contributed by atoms with Crippen molar-refractivity contribution in [2.75, 3.05) is 40.9 Å². The zero-order valence-electron chi connectivity index (χ0n) is 46.8. The van der Waals surface area contributed by atoms with Crippen molar-refractivity contribution in [3.05, 3.63) is 24.3 Å². The molecule has 0 bridgehead atoms. The standard InChI is InChI=1S/C60H119N2O6P/c1-6-8-10-12-14-16-18-20-22-24-26-28-30-31-32-34-36-38-40-42-44-46-48-50-52-54-60(64)61-58(57-68-69(65,66)67-56-55-62(3,4)5)59(63)53-51-49-47-45-43-41-39-37-35-33-29-27-25-23-21-19-17-15-13-11-9-7-2/h26,28,31-32,58-59,63H,6-25,27,29-30,33-57H2,1-5H3,(H-,61,64,65,66)/b28-26-,32-31-. The molecule has 0 rings (SSSR count). The molecule has 0 radical (unpaired) electrons. The van der Waals surface area contributed by atoms with E-state index < -0.39 is 20.0 Å². The fourth-order valence-electron chi connectivity index (χ4n) is 9.19. The molecule has 69 heavy (non-hydrogen) atoms. The predicted octanol–water partition coefficient (Wildman–Crippen LogP) is 17.7. The van der Waals surface area contributed by atoms with Gasteiger partial charge in [-0.2, -0.15) is 0 Å². The molecule has 2 N–H and O–H groups in total. The minimum absolute atomic E-state index is 0.0126. The van der Waals surface area contributed by atoms with Crippen LogP contribution >= 0.6 is 7.82 Å². The highest BCUT2D eigenvalue weighted by atomic mass is 31.2. The second-order valence-electron chi connectivity index (χ2n) is 22.1. The summed E-state index contributed by atoms with van der Waals surface area (Å²) in [6.07, 6.45) is 65.0. The lowest BCUT2D eigenvalue weighted by atomic mass is 10.0. The molecule has 0 aromatic heterocycles. The SMILES string of the molecule is CCCCCCCCCCC/C=C\C/C=C\CCCCCCCCCCCC(=O)NC(COP(=O)([O-])OCC[N+](C)(C)C)C(O)CCCCCCCCCCCCCCCCCCCCCCCC. The molecule has 0 saturated carbocycles. The number of quaternary nitrogens is 1. The second kappa shape index (κ2) is 51.9. The van der Waals surface area contributed by atoms with Crippen LogP contribution < -0.4 is 10.2 Å². The summed E-state index contributed by atoms with van der Waals surface area (Å²) in [7, 11) is 1.31. The molecule has 3 unspecified atom stereocenters. The number of amides is 1. The number of likely N-dealkylation sites (N-methyl/N-ethyl adjacent to an activating group) is 1.